The Bertz CT molecular complexity index is 810. The Morgan fingerprint density at radius 3 is 2.50 bits per heavy atom. The minimum absolute atomic E-state index is 0.158. The van der Waals surface area contributed by atoms with Gasteiger partial charge in [0.2, 0.25) is 0 Å². The van der Waals surface area contributed by atoms with Crippen molar-refractivity contribution in [3.63, 3.8) is 0 Å². The van der Waals surface area contributed by atoms with Gasteiger partial charge in [0.25, 0.3) is 5.91 Å². The molecule has 0 spiro atoms. The predicted octanol–water partition coefficient (Wildman–Crippen LogP) is 3.17. The number of halogens is 2. The van der Waals surface area contributed by atoms with Gasteiger partial charge in [0, 0.05) is 6.07 Å². The number of anilines is 1. The molecule has 1 N–H and O–H groups in total. The van der Waals surface area contributed by atoms with Gasteiger partial charge in [-0.25, -0.2) is 13.6 Å². The van der Waals surface area contributed by atoms with E-state index in [0.29, 0.717) is 24.2 Å². The molecule has 0 bridgehead atoms. The smallest absolute Gasteiger partial charge is 0.338 e. The number of hydrogen-bond donors (Lipinski definition) is 1. The van der Waals surface area contributed by atoms with Gasteiger partial charge in [-0.05, 0) is 37.3 Å². The van der Waals surface area contributed by atoms with E-state index in [9.17, 15) is 18.4 Å². The van der Waals surface area contributed by atoms with E-state index >= 15 is 0 Å². The van der Waals surface area contributed by atoms with Crippen LogP contribution in [0.2, 0.25) is 0 Å². The van der Waals surface area contributed by atoms with Crippen molar-refractivity contribution in [2.24, 2.45) is 0 Å². The average molecular weight is 365 g/mol. The van der Waals surface area contributed by atoms with E-state index in [1.807, 2.05) is 6.92 Å². The molecule has 0 radical (unpaired) electrons. The lowest BCUT2D eigenvalue weighted by molar-refractivity contribution is -0.119. The Balaban J connectivity index is 1.96. The van der Waals surface area contributed by atoms with Crippen LogP contribution in [0.1, 0.15) is 17.3 Å². The first-order valence-corrected chi connectivity index (χ1v) is 7.67. The molecular formula is C18H17F2NO5. The zero-order chi connectivity index (χ0) is 19.1. The van der Waals surface area contributed by atoms with Crippen molar-refractivity contribution in [1.82, 2.24) is 0 Å². The third-order valence-electron chi connectivity index (χ3n) is 3.24. The highest BCUT2D eigenvalue weighted by molar-refractivity contribution is 5.95. The van der Waals surface area contributed by atoms with Gasteiger partial charge < -0.3 is 19.5 Å². The molecule has 0 aromatic heterocycles. The van der Waals surface area contributed by atoms with Gasteiger partial charge in [0.15, 0.2) is 18.1 Å². The molecule has 0 aliphatic carbocycles. The summed E-state index contributed by atoms with van der Waals surface area (Å²) in [4.78, 5) is 23.8. The molecular weight excluding hydrogens is 348 g/mol. The van der Waals surface area contributed by atoms with E-state index in [4.69, 9.17) is 14.2 Å². The molecule has 2 aromatic rings. The molecule has 138 valence electrons. The minimum Gasteiger partial charge on any atom is -0.493 e. The summed E-state index contributed by atoms with van der Waals surface area (Å²) in [5, 5.41) is 2.19. The lowest BCUT2D eigenvalue weighted by Crippen LogP contribution is -2.21. The minimum atomic E-state index is -0.930. The molecule has 0 saturated carbocycles. The molecule has 0 aliphatic heterocycles. The first kappa shape index (κ1) is 19.2. The number of carbonyl (C=O) groups excluding carboxylic acids is 2. The van der Waals surface area contributed by atoms with E-state index in [1.54, 1.807) is 6.07 Å². The van der Waals surface area contributed by atoms with Gasteiger partial charge in [-0.15, -0.1) is 0 Å². The highest BCUT2D eigenvalue weighted by Crippen LogP contribution is 2.28. The average Bonchev–Trinajstić information content (AvgIpc) is 2.62. The SMILES string of the molecule is CCOc1ccc(C(=O)OCC(=O)Nc2ccc(F)cc2F)cc1OC. The molecule has 8 heteroatoms. The highest BCUT2D eigenvalue weighted by Gasteiger charge is 2.15. The summed E-state index contributed by atoms with van der Waals surface area (Å²) >= 11 is 0. The van der Waals surface area contributed by atoms with Gasteiger partial charge in [-0.2, -0.15) is 0 Å². The maximum Gasteiger partial charge on any atom is 0.338 e. The van der Waals surface area contributed by atoms with Gasteiger partial charge in [-0.1, -0.05) is 0 Å². The van der Waals surface area contributed by atoms with Gasteiger partial charge in [-0.3, -0.25) is 4.79 Å². The van der Waals surface area contributed by atoms with Crippen LogP contribution in [0.15, 0.2) is 36.4 Å². The van der Waals surface area contributed by atoms with Crippen LogP contribution in [-0.4, -0.2) is 32.2 Å². The van der Waals surface area contributed by atoms with Crippen molar-refractivity contribution in [3.05, 3.63) is 53.6 Å². The van der Waals surface area contributed by atoms with Crippen molar-refractivity contribution in [2.75, 3.05) is 25.6 Å². The number of esters is 1. The Labute approximate surface area is 148 Å². The lowest BCUT2D eigenvalue weighted by atomic mass is 10.2. The summed E-state index contributed by atoms with van der Waals surface area (Å²) < 4.78 is 41.7. The molecule has 2 rings (SSSR count). The first-order chi connectivity index (χ1) is 12.4. The first-order valence-electron chi connectivity index (χ1n) is 7.67. The molecule has 1 amide bonds. The van der Waals surface area contributed by atoms with E-state index in [2.05, 4.69) is 5.32 Å². The number of methoxy groups -OCH3 is 1. The second kappa shape index (κ2) is 8.80. The number of nitrogens with one attached hydrogen (secondary N) is 1. The molecule has 2 aromatic carbocycles. The predicted molar refractivity (Wildman–Crippen MR) is 89.4 cm³/mol. The van der Waals surface area contributed by atoms with E-state index in [-0.39, 0.29) is 11.3 Å². The van der Waals surface area contributed by atoms with Crippen LogP contribution >= 0.6 is 0 Å². The highest BCUT2D eigenvalue weighted by atomic mass is 19.1. The molecule has 0 aliphatic rings. The lowest BCUT2D eigenvalue weighted by Gasteiger charge is -2.11. The monoisotopic (exact) mass is 365 g/mol. The number of carbonyl (C=O) groups is 2. The topological polar surface area (TPSA) is 73.9 Å². The van der Waals surface area contributed by atoms with Crippen LogP contribution in [0.25, 0.3) is 0 Å². The third-order valence-corrected chi connectivity index (χ3v) is 3.24. The zero-order valence-corrected chi connectivity index (χ0v) is 14.2. The van der Waals surface area contributed by atoms with E-state index < -0.39 is 30.1 Å². The fourth-order valence-corrected chi connectivity index (χ4v) is 2.06. The summed E-state index contributed by atoms with van der Waals surface area (Å²) in [7, 11) is 1.43. The van der Waals surface area contributed by atoms with Gasteiger partial charge in [0.1, 0.15) is 11.6 Å². The molecule has 0 saturated heterocycles. The number of rotatable bonds is 7. The second-order valence-corrected chi connectivity index (χ2v) is 5.05. The summed E-state index contributed by atoms with van der Waals surface area (Å²) in [5.74, 6) is -2.41. The standard InChI is InChI=1S/C18H17F2NO5/c1-3-25-15-7-4-11(8-16(15)24-2)18(23)26-10-17(22)21-14-6-5-12(19)9-13(14)20/h4-9H,3,10H2,1-2H3,(H,21,22). The summed E-state index contributed by atoms with van der Waals surface area (Å²) in [6, 6.07) is 7.14. The fraction of sp³-hybridized carbons (Fsp3) is 0.222. The quantitative estimate of drug-likeness (QED) is 0.763. The van der Waals surface area contributed by atoms with Crippen LogP contribution in [0.3, 0.4) is 0 Å². The van der Waals surface area contributed by atoms with Crippen molar-refractivity contribution in [1.29, 1.82) is 0 Å². The van der Waals surface area contributed by atoms with Crippen LogP contribution < -0.4 is 14.8 Å². The van der Waals surface area contributed by atoms with Crippen molar-refractivity contribution < 1.29 is 32.6 Å². The summed E-state index contributed by atoms with van der Waals surface area (Å²) in [5.41, 5.74) is -0.0544. The number of amides is 1. The molecule has 0 fully saturated rings. The van der Waals surface area contributed by atoms with Crippen molar-refractivity contribution in [2.45, 2.75) is 6.92 Å². The molecule has 0 heterocycles. The number of hydrogen-bond acceptors (Lipinski definition) is 5. The maximum atomic E-state index is 13.5. The second-order valence-electron chi connectivity index (χ2n) is 5.05. The number of benzene rings is 2. The van der Waals surface area contributed by atoms with Crippen molar-refractivity contribution >= 4 is 17.6 Å². The Morgan fingerprint density at radius 2 is 1.85 bits per heavy atom. The largest absolute Gasteiger partial charge is 0.493 e. The fourth-order valence-electron chi connectivity index (χ4n) is 2.06. The van der Waals surface area contributed by atoms with Crippen LogP contribution in [-0.2, 0) is 9.53 Å². The summed E-state index contributed by atoms with van der Waals surface area (Å²) in [6.45, 7) is 1.61. The Morgan fingerprint density at radius 1 is 1.08 bits per heavy atom. The number of ether oxygens (including phenoxy) is 3. The Kier molecular flexibility index (Phi) is 6.48. The van der Waals surface area contributed by atoms with Gasteiger partial charge >= 0.3 is 5.97 Å². The van der Waals surface area contributed by atoms with Crippen LogP contribution in [0.4, 0.5) is 14.5 Å². The molecule has 26 heavy (non-hydrogen) atoms. The maximum absolute atomic E-state index is 13.5. The molecule has 6 nitrogen and oxygen atoms in total. The normalized spacial score (nSPS) is 10.2. The third kappa shape index (κ3) is 4.92. The zero-order valence-electron chi connectivity index (χ0n) is 14.2. The van der Waals surface area contributed by atoms with Crippen LogP contribution in [0.5, 0.6) is 11.5 Å². The van der Waals surface area contributed by atoms with E-state index in [1.165, 1.54) is 19.2 Å². The van der Waals surface area contributed by atoms with Crippen molar-refractivity contribution in [3.8, 4) is 11.5 Å². The van der Waals surface area contributed by atoms with Crippen LogP contribution in [0, 0.1) is 11.6 Å². The summed E-state index contributed by atoms with van der Waals surface area (Å²) in [6.07, 6.45) is 0. The van der Waals surface area contributed by atoms with Gasteiger partial charge in [0.05, 0.1) is 25.0 Å². The van der Waals surface area contributed by atoms with E-state index in [0.717, 1.165) is 12.1 Å². The molecule has 0 atom stereocenters. The Hall–Kier alpha value is -3.16. The molecule has 0 unspecified atom stereocenters.